The van der Waals surface area contributed by atoms with Crippen LogP contribution >= 0.6 is 12.2 Å². The van der Waals surface area contributed by atoms with Crippen LogP contribution in [-0.2, 0) is 9.53 Å². The van der Waals surface area contributed by atoms with E-state index < -0.39 is 28.6 Å². The number of non-ortho nitro benzene ring substituents is 1. The van der Waals surface area contributed by atoms with Crippen LogP contribution in [0.2, 0.25) is 0 Å². The van der Waals surface area contributed by atoms with Crippen LogP contribution in [0.4, 0.5) is 5.69 Å². The van der Waals surface area contributed by atoms with Gasteiger partial charge in [-0.15, -0.1) is 0 Å². The molecule has 0 aromatic heterocycles. The van der Waals surface area contributed by atoms with E-state index >= 15 is 0 Å². The van der Waals surface area contributed by atoms with E-state index in [2.05, 4.69) is 10.6 Å². The smallest absolute Gasteiger partial charge is 0.316 e. The summed E-state index contributed by atoms with van der Waals surface area (Å²) in [7, 11) is 0. The summed E-state index contributed by atoms with van der Waals surface area (Å²) < 4.78 is 5.04. The second-order valence-corrected chi connectivity index (χ2v) is 5.71. The number of thiocarbonyl (C=S) groups is 1. The molecule has 0 aliphatic carbocycles. The van der Waals surface area contributed by atoms with Crippen molar-refractivity contribution in [2.75, 3.05) is 6.61 Å². The molecule has 0 spiro atoms. The Kier molecular flexibility index (Phi) is 4.81. The highest BCUT2D eigenvalue weighted by atomic mass is 32.1. The number of ether oxygens (including phenoxy) is 1. The van der Waals surface area contributed by atoms with Gasteiger partial charge in [0.15, 0.2) is 5.11 Å². The van der Waals surface area contributed by atoms with Crippen molar-refractivity contribution in [3.63, 3.8) is 0 Å². The number of hydrogen-bond donors (Lipinski definition) is 3. The summed E-state index contributed by atoms with van der Waals surface area (Å²) in [6.07, 6.45) is 0. The van der Waals surface area contributed by atoms with Gasteiger partial charge >= 0.3 is 5.97 Å². The molecule has 1 aromatic rings. The fourth-order valence-corrected chi connectivity index (χ4v) is 2.90. The number of carbonyl (C=O) groups is 1. The molecule has 3 atom stereocenters. The van der Waals surface area contributed by atoms with Crippen LogP contribution in [0.1, 0.15) is 25.5 Å². The van der Waals surface area contributed by atoms with Crippen molar-refractivity contribution in [1.29, 1.82) is 0 Å². The summed E-state index contributed by atoms with van der Waals surface area (Å²) in [5.41, 5.74) is -1.09. The predicted octanol–water partition coefficient (Wildman–Crippen LogP) is 1.00. The minimum atomic E-state index is -1.61. The molecule has 1 heterocycles. The molecule has 0 unspecified atom stereocenters. The topological polar surface area (TPSA) is 114 Å². The van der Waals surface area contributed by atoms with Crippen LogP contribution in [-0.4, -0.2) is 33.4 Å². The van der Waals surface area contributed by atoms with Gasteiger partial charge in [0.05, 0.1) is 17.6 Å². The van der Waals surface area contributed by atoms with Gasteiger partial charge in [-0.05, 0) is 31.6 Å². The average Bonchev–Trinajstić information content (AvgIpc) is 2.45. The zero-order valence-corrected chi connectivity index (χ0v) is 13.4. The van der Waals surface area contributed by atoms with Crippen molar-refractivity contribution in [1.82, 2.24) is 10.6 Å². The number of aliphatic hydroxyl groups is 1. The third-order valence-electron chi connectivity index (χ3n) is 3.60. The second-order valence-electron chi connectivity index (χ2n) is 5.30. The first-order valence-corrected chi connectivity index (χ1v) is 7.39. The number of benzene rings is 1. The molecule has 0 radical (unpaired) electrons. The van der Waals surface area contributed by atoms with E-state index in [9.17, 15) is 20.0 Å². The van der Waals surface area contributed by atoms with Crippen LogP contribution < -0.4 is 10.6 Å². The largest absolute Gasteiger partial charge is 0.466 e. The monoisotopic (exact) mass is 339 g/mol. The molecule has 8 nitrogen and oxygen atoms in total. The number of rotatable bonds is 4. The summed E-state index contributed by atoms with van der Waals surface area (Å²) in [5, 5.41) is 27.0. The molecular weight excluding hydrogens is 322 g/mol. The van der Waals surface area contributed by atoms with E-state index in [1.54, 1.807) is 6.92 Å². The van der Waals surface area contributed by atoms with E-state index in [1.807, 2.05) is 0 Å². The Morgan fingerprint density at radius 1 is 1.48 bits per heavy atom. The first-order chi connectivity index (χ1) is 10.8. The molecule has 1 saturated heterocycles. The number of hydrogen-bond acceptors (Lipinski definition) is 6. The van der Waals surface area contributed by atoms with Gasteiger partial charge in [-0.25, -0.2) is 0 Å². The Bertz CT molecular complexity index is 632. The third kappa shape index (κ3) is 3.57. The summed E-state index contributed by atoms with van der Waals surface area (Å²) in [5.74, 6) is -1.57. The third-order valence-corrected chi connectivity index (χ3v) is 3.82. The standard InChI is InChI=1S/C14H17N3O5S/c1-3-22-12(18)10-11(15-13(23)16-14(10,2)19)8-4-6-9(7-5-8)17(20)21/h4-7,10-11,19H,3H2,1-2H3,(H2,15,16,23)/t10-,11+,14-/m0/s1. The van der Waals surface area contributed by atoms with Gasteiger partial charge in [0, 0.05) is 12.1 Å². The van der Waals surface area contributed by atoms with Crippen molar-refractivity contribution < 1.29 is 19.6 Å². The van der Waals surface area contributed by atoms with Crippen LogP contribution in [0.5, 0.6) is 0 Å². The number of nitrogens with zero attached hydrogens (tertiary/aromatic N) is 1. The lowest BCUT2D eigenvalue weighted by molar-refractivity contribution is -0.384. The molecule has 124 valence electrons. The molecule has 3 N–H and O–H groups in total. The molecule has 0 bridgehead atoms. The van der Waals surface area contributed by atoms with Crippen molar-refractivity contribution in [3.05, 3.63) is 39.9 Å². The van der Waals surface area contributed by atoms with Crippen LogP contribution in [0.25, 0.3) is 0 Å². The van der Waals surface area contributed by atoms with E-state index in [1.165, 1.54) is 31.2 Å². The van der Waals surface area contributed by atoms with Gasteiger partial charge in [-0.1, -0.05) is 12.1 Å². The lowest BCUT2D eigenvalue weighted by atomic mass is 9.83. The number of carbonyl (C=O) groups excluding carboxylic acids is 1. The SMILES string of the molecule is CCOC(=O)[C@@H]1[C@@H](c2ccc([N+](=O)[O-])cc2)NC(=S)N[C@@]1(C)O. The summed E-state index contributed by atoms with van der Waals surface area (Å²) in [6.45, 7) is 3.27. The lowest BCUT2D eigenvalue weighted by Gasteiger charge is -2.43. The number of nitro benzene ring substituents is 1. The molecular formula is C14H17N3O5S. The second kappa shape index (κ2) is 6.47. The molecule has 1 aliphatic rings. The predicted molar refractivity (Wildman–Crippen MR) is 85.5 cm³/mol. The molecule has 2 rings (SSSR count). The quantitative estimate of drug-likeness (QED) is 0.322. The average molecular weight is 339 g/mol. The highest BCUT2D eigenvalue weighted by molar-refractivity contribution is 7.80. The highest BCUT2D eigenvalue weighted by Gasteiger charge is 2.48. The Balaban J connectivity index is 2.40. The number of nitrogens with one attached hydrogen (secondary N) is 2. The summed E-state index contributed by atoms with van der Waals surface area (Å²) in [6, 6.07) is 5.04. The van der Waals surface area contributed by atoms with E-state index in [0.717, 1.165) is 0 Å². The van der Waals surface area contributed by atoms with Crippen LogP contribution in [0.3, 0.4) is 0 Å². The van der Waals surface area contributed by atoms with Crippen LogP contribution in [0.15, 0.2) is 24.3 Å². The minimum Gasteiger partial charge on any atom is -0.466 e. The van der Waals surface area contributed by atoms with Gasteiger partial charge in [0.2, 0.25) is 0 Å². The maximum absolute atomic E-state index is 12.3. The van der Waals surface area contributed by atoms with Crippen molar-refractivity contribution in [2.45, 2.75) is 25.6 Å². The van der Waals surface area contributed by atoms with Crippen molar-refractivity contribution >= 4 is 29.0 Å². The molecule has 0 amide bonds. The Labute approximate surface area is 138 Å². The lowest BCUT2D eigenvalue weighted by Crippen LogP contribution is -2.65. The highest BCUT2D eigenvalue weighted by Crippen LogP contribution is 2.34. The Morgan fingerprint density at radius 3 is 2.61 bits per heavy atom. The zero-order chi connectivity index (χ0) is 17.2. The zero-order valence-electron chi connectivity index (χ0n) is 12.6. The van der Waals surface area contributed by atoms with E-state index in [0.29, 0.717) is 5.56 Å². The van der Waals surface area contributed by atoms with Crippen LogP contribution in [0, 0.1) is 16.0 Å². The van der Waals surface area contributed by atoms with E-state index in [4.69, 9.17) is 17.0 Å². The van der Waals surface area contributed by atoms with Crippen molar-refractivity contribution in [3.8, 4) is 0 Å². The fraction of sp³-hybridized carbons (Fsp3) is 0.429. The maximum atomic E-state index is 12.3. The summed E-state index contributed by atoms with van der Waals surface area (Å²) >= 11 is 5.06. The number of esters is 1. The van der Waals surface area contributed by atoms with Gasteiger partial charge < -0.3 is 20.5 Å². The maximum Gasteiger partial charge on any atom is 0.316 e. The normalized spacial score (nSPS) is 26.8. The molecule has 0 saturated carbocycles. The molecule has 1 aliphatic heterocycles. The number of nitro groups is 1. The van der Waals surface area contributed by atoms with Gasteiger partial charge in [0.25, 0.3) is 5.69 Å². The first kappa shape index (κ1) is 17.1. The van der Waals surface area contributed by atoms with Gasteiger partial charge in [-0.3, -0.25) is 14.9 Å². The molecule has 1 aromatic carbocycles. The molecule has 23 heavy (non-hydrogen) atoms. The molecule has 1 fully saturated rings. The Morgan fingerprint density at radius 2 is 2.09 bits per heavy atom. The minimum absolute atomic E-state index is 0.0651. The summed E-state index contributed by atoms with van der Waals surface area (Å²) in [4.78, 5) is 22.5. The molecule has 9 heteroatoms. The van der Waals surface area contributed by atoms with E-state index in [-0.39, 0.29) is 17.4 Å². The van der Waals surface area contributed by atoms with Gasteiger partial charge in [-0.2, -0.15) is 0 Å². The first-order valence-electron chi connectivity index (χ1n) is 6.98. The van der Waals surface area contributed by atoms with Crippen molar-refractivity contribution in [2.24, 2.45) is 5.92 Å². The fourth-order valence-electron chi connectivity index (χ4n) is 2.57. The van der Waals surface area contributed by atoms with Gasteiger partial charge in [0.1, 0.15) is 11.6 Å². The Hall–Kier alpha value is -2.26.